The molecule has 2 unspecified atom stereocenters. The van der Waals surface area contributed by atoms with Crippen molar-refractivity contribution in [3.63, 3.8) is 0 Å². The summed E-state index contributed by atoms with van der Waals surface area (Å²) >= 11 is 0. The standard InChI is InChI=1S/C62H110NO7P/c1-6-8-10-12-14-16-18-20-22-24-26-28-30-31-32-34-36-38-40-42-44-46-48-50-52-54-57-67-59-61(60-69-71(65,66)68-58-56-63(3,4)5)70-62(64)55-53-51-49-47-45-43-41-39-37-35-33-29-27-25-23-21-19-17-15-13-11-9-7-2/h8,10,14,16,20,22,25-28,31-32,36,38,42,44,61H,6-7,9,11-13,15,17-19,21,23-24,29-30,33-35,37,39-41,43,45-60H2,1-5H3/p+1/b10-8-,16-14-,22-20-,27-25-,28-26-,32-31-,38-36-,44-42-. The van der Waals surface area contributed by atoms with Gasteiger partial charge < -0.3 is 18.9 Å². The zero-order chi connectivity index (χ0) is 51.9. The fourth-order valence-corrected chi connectivity index (χ4v) is 8.45. The molecule has 1 N–H and O–H groups in total. The van der Waals surface area contributed by atoms with Crippen LogP contribution in [0.15, 0.2) is 97.2 Å². The van der Waals surface area contributed by atoms with E-state index in [1.165, 1.54) is 116 Å². The molecule has 410 valence electrons. The molecule has 0 bridgehead atoms. The van der Waals surface area contributed by atoms with Crippen LogP contribution in [0.3, 0.4) is 0 Å². The first-order valence-corrected chi connectivity index (χ1v) is 30.5. The average Bonchev–Trinajstić information content (AvgIpc) is 3.33. The van der Waals surface area contributed by atoms with Crippen molar-refractivity contribution in [2.24, 2.45) is 0 Å². The third-order valence-corrected chi connectivity index (χ3v) is 13.1. The summed E-state index contributed by atoms with van der Waals surface area (Å²) in [6.45, 7) is 5.45. The number of phosphoric ester groups is 1. The number of esters is 1. The van der Waals surface area contributed by atoms with Crippen LogP contribution in [-0.2, 0) is 27.9 Å². The number of rotatable bonds is 53. The Morgan fingerprint density at radius 1 is 0.451 bits per heavy atom. The van der Waals surface area contributed by atoms with Crippen LogP contribution < -0.4 is 0 Å². The lowest BCUT2D eigenvalue weighted by Crippen LogP contribution is -2.37. The van der Waals surface area contributed by atoms with Crippen molar-refractivity contribution in [2.75, 3.05) is 54.1 Å². The van der Waals surface area contributed by atoms with Crippen LogP contribution in [0.2, 0.25) is 0 Å². The number of hydrogen-bond donors (Lipinski definition) is 1. The highest BCUT2D eigenvalue weighted by atomic mass is 31.2. The highest BCUT2D eigenvalue weighted by molar-refractivity contribution is 7.47. The van der Waals surface area contributed by atoms with E-state index in [1.807, 2.05) is 21.1 Å². The maximum Gasteiger partial charge on any atom is 0.472 e. The Labute approximate surface area is 438 Å². The molecule has 0 radical (unpaired) electrons. The molecule has 0 rings (SSSR count). The molecule has 71 heavy (non-hydrogen) atoms. The van der Waals surface area contributed by atoms with Crippen LogP contribution >= 0.6 is 7.82 Å². The number of allylic oxidation sites excluding steroid dienone is 16. The zero-order valence-electron chi connectivity index (χ0n) is 46.7. The molecule has 0 spiro atoms. The number of carbonyl (C=O) groups excluding carboxylic acids is 1. The second-order valence-corrected chi connectivity index (χ2v) is 21.7. The van der Waals surface area contributed by atoms with E-state index < -0.39 is 13.9 Å². The summed E-state index contributed by atoms with van der Waals surface area (Å²) < 4.78 is 35.2. The lowest BCUT2D eigenvalue weighted by atomic mass is 10.0. The lowest BCUT2D eigenvalue weighted by Gasteiger charge is -2.24. The molecule has 0 aliphatic carbocycles. The number of carbonyl (C=O) groups is 1. The first-order valence-electron chi connectivity index (χ1n) is 29.0. The van der Waals surface area contributed by atoms with Crippen molar-refractivity contribution >= 4 is 13.8 Å². The Balaban J connectivity index is 4.17. The number of phosphoric acid groups is 1. The van der Waals surface area contributed by atoms with Crippen LogP contribution in [0.1, 0.15) is 232 Å². The topological polar surface area (TPSA) is 91.3 Å². The summed E-state index contributed by atoms with van der Waals surface area (Å²) in [6.07, 6.45) is 74.7. The van der Waals surface area contributed by atoms with Gasteiger partial charge in [0.25, 0.3) is 0 Å². The first-order chi connectivity index (χ1) is 34.6. The number of nitrogens with zero attached hydrogens (tertiary/aromatic N) is 1. The molecule has 0 amide bonds. The summed E-state index contributed by atoms with van der Waals surface area (Å²) in [5.74, 6) is -0.325. The van der Waals surface area contributed by atoms with Crippen molar-refractivity contribution in [2.45, 2.75) is 238 Å². The van der Waals surface area contributed by atoms with Gasteiger partial charge in [-0.1, -0.05) is 227 Å². The number of quaternary nitrogens is 1. The molecule has 0 aromatic rings. The Hall–Kier alpha value is -2.58. The third-order valence-electron chi connectivity index (χ3n) is 12.1. The minimum atomic E-state index is -4.30. The fraction of sp³-hybridized carbons (Fsp3) is 0.726. The fourth-order valence-electron chi connectivity index (χ4n) is 7.71. The average molecular weight is 1010 g/mol. The van der Waals surface area contributed by atoms with Gasteiger partial charge in [0.1, 0.15) is 19.3 Å². The van der Waals surface area contributed by atoms with Crippen LogP contribution in [0.25, 0.3) is 0 Å². The molecule has 0 fully saturated rings. The van der Waals surface area contributed by atoms with Crippen molar-refractivity contribution in [1.29, 1.82) is 0 Å². The lowest BCUT2D eigenvalue weighted by molar-refractivity contribution is -0.870. The summed E-state index contributed by atoms with van der Waals surface area (Å²) in [7, 11) is 1.64. The van der Waals surface area contributed by atoms with Crippen LogP contribution in [0, 0.1) is 0 Å². The SMILES string of the molecule is CC/C=C\C/C=C\C/C=C\C/C=C\C/C=C\C/C=C\C/C=C\CCCCCCOCC(COP(=O)(O)OCC[N+](C)(C)C)OC(=O)CCCCCCCCCCCCC/C=C\CCCCCCCCCC. The van der Waals surface area contributed by atoms with Gasteiger partial charge in [-0.3, -0.25) is 13.8 Å². The molecule has 2 atom stereocenters. The van der Waals surface area contributed by atoms with Gasteiger partial charge in [-0.15, -0.1) is 0 Å². The molecular formula is C62H111NO7P+. The number of likely N-dealkylation sites (N-methyl/N-ethyl adjacent to an activating group) is 1. The van der Waals surface area contributed by atoms with Gasteiger partial charge in [-0.05, 0) is 96.3 Å². The molecular weight excluding hydrogens is 902 g/mol. The van der Waals surface area contributed by atoms with Crippen LogP contribution in [-0.4, -0.2) is 75.6 Å². The second-order valence-electron chi connectivity index (χ2n) is 20.3. The molecule has 0 aromatic carbocycles. The van der Waals surface area contributed by atoms with E-state index in [-0.39, 0.29) is 25.8 Å². The van der Waals surface area contributed by atoms with Gasteiger partial charge in [-0.25, -0.2) is 4.57 Å². The number of unbranched alkanes of at least 4 members (excludes halogenated alkanes) is 23. The van der Waals surface area contributed by atoms with Crippen molar-refractivity contribution in [3.8, 4) is 0 Å². The zero-order valence-corrected chi connectivity index (χ0v) is 47.6. The Kier molecular flexibility index (Phi) is 51.8. The highest BCUT2D eigenvalue weighted by Gasteiger charge is 2.26. The normalized spacial score (nSPS) is 14.2. The van der Waals surface area contributed by atoms with Gasteiger partial charge >= 0.3 is 13.8 Å². The predicted molar refractivity (Wildman–Crippen MR) is 307 cm³/mol. The minimum Gasteiger partial charge on any atom is -0.457 e. The quantitative estimate of drug-likeness (QED) is 0.0213. The molecule has 0 saturated heterocycles. The maximum atomic E-state index is 12.8. The van der Waals surface area contributed by atoms with E-state index in [0.717, 1.165) is 96.3 Å². The second kappa shape index (κ2) is 53.7. The number of hydrogen-bond acceptors (Lipinski definition) is 6. The van der Waals surface area contributed by atoms with E-state index in [9.17, 15) is 14.3 Å². The molecule has 9 heteroatoms. The van der Waals surface area contributed by atoms with E-state index in [4.69, 9.17) is 18.5 Å². The molecule has 0 aliphatic heterocycles. The summed E-state index contributed by atoms with van der Waals surface area (Å²) in [6, 6.07) is 0. The van der Waals surface area contributed by atoms with E-state index in [2.05, 4.69) is 111 Å². The van der Waals surface area contributed by atoms with Crippen LogP contribution in [0.4, 0.5) is 0 Å². The number of ether oxygens (including phenoxy) is 2. The maximum absolute atomic E-state index is 12.8. The smallest absolute Gasteiger partial charge is 0.457 e. The van der Waals surface area contributed by atoms with Gasteiger partial charge in [-0.2, -0.15) is 0 Å². The molecule has 0 saturated carbocycles. The predicted octanol–water partition coefficient (Wildman–Crippen LogP) is 18.5. The van der Waals surface area contributed by atoms with Gasteiger partial charge in [0.2, 0.25) is 0 Å². The van der Waals surface area contributed by atoms with Crippen molar-refractivity contribution < 1.29 is 37.3 Å². The molecule has 0 heterocycles. The largest absolute Gasteiger partial charge is 0.472 e. The summed E-state index contributed by atoms with van der Waals surface area (Å²) in [5.41, 5.74) is 0. The summed E-state index contributed by atoms with van der Waals surface area (Å²) in [4.78, 5) is 23.1. The minimum absolute atomic E-state index is 0.0784. The van der Waals surface area contributed by atoms with Crippen molar-refractivity contribution in [1.82, 2.24) is 0 Å². The Morgan fingerprint density at radius 2 is 0.817 bits per heavy atom. The molecule has 0 aliphatic rings. The van der Waals surface area contributed by atoms with E-state index >= 15 is 0 Å². The van der Waals surface area contributed by atoms with Crippen molar-refractivity contribution in [3.05, 3.63) is 97.2 Å². The first kappa shape index (κ1) is 68.4. The summed E-state index contributed by atoms with van der Waals surface area (Å²) in [5, 5.41) is 0. The monoisotopic (exact) mass is 1010 g/mol. The highest BCUT2D eigenvalue weighted by Crippen LogP contribution is 2.43. The van der Waals surface area contributed by atoms with E-state index in [1.54, 1.807) is 0 Å². The van der Waals surface area contributed by atoms with Gasteiger partial charge in [0, 0.05) is 13.0 Å². The van der Waals surface area contributed by atoms with Gasteiger partial charge in [0.05, 0.1) is 34.4 Å². The molecule has 8 nitrogen and oxygen atoms in total. The Morgan fingerprint density at radius 3 is 1.24 bits per heavy atom. The van der Waals surface area contributed by atoms with Gasteiger partial charge in [0.15, 0.2) is 0 Å². The molecule has 0 aromatic heterocycles. The Bertz CT molecular complexity index is 1460. The van der Waals surface area contributed by atoms with Crippen LogP contribution in [0.5, 0.6) is 0 Å². The third kappa shape index (κ3) is 58.2. The van der Waals surface area contributed by atoms with E-state index in [0.29, 0.717) is 24.1 Å².